The molecule has 0 heterocycles. The summed E-state index contributed by atoms with van der Waals surface area (Å²) in [5.41, 5.74) is 1.18. The van der Waals surface area contributed by atoms with Gasteiger partial charge in [0, 0.05) is 22.7 Å². The maximum Gasteiger partial charge on any atom is 0.271 e. The van der Waals surface area contributed by atoms with E-state index in [2.05, 4.69) is 0 Å². The minimum absolute atomic E-state index is 0.124. The SMILES string of the molecule is Cc1ccc(SC2([N+](=O)[O-])CCC2)cc1. The number of thioether (sulfide) groups is 1. The van der Waals surface area contributed by atoms with E-state index in [-0.39, 0.29) is 4.92 Å². The summed E-state index contributed by atoms with van der Waals surface area (Å²) in [4.78, 5) is 11.1. The molecule has 0 saturated heterocycles. The van der Waals surface area contributed by atoms with Crippen molar-refractivity contribution in [1.29, 1.82) is 0 Å². The van der Waals surface area contributed by atoms with Gasteiger partial charge in [-0.25, -0.2) is 0 Å². The summed E-state index contributed by atoms with van der Waals surface area (Å²) in [6, 6.07) is 7.91. The molecule has 0 radical (unpaired) electrons. The number of aryl methyl sites for hydroxylation is 1. The van der Waals surface area contributed by atoms with Gasteiger partial charge in [0.15, 0.2) is 0 Å². The molecule has 0 N–H and O–H groups in total. The Balaban J connectivity index is 2.13. The first kappa shape index (κ1) is 10.5. The highest BCUT2D eigenvalue weighted by molar-refractivity contribution is 8.00. The van der Waals surface area contributed by atoms with E-state index in [0.29, 0.717) is 12.8 Å². The van der Waals surface area contributed by atoms with Crippen molar-refractivity contribution in [3.05, 3.63) is 39.9 Å². The Morgan fingerprint density at radius 1 is 1.33 bits per heavy atom. The van der Waals surface area contributed by atoms with E-state index in [1.807, 2.05) is 31.2 Å². The summed E-state index contributed by atoms with van der Waals surface area (Å²) in [6.07, 6.45) is 2.36. The van der Waals surface area contributed by atoms with Crippen LogP contribution in [0.2, 0.25) is 0 Å². The lowest BCUT2D eigenvalue weighted by Crippen LogP contribution is -2.41. The fourth-order valence-electron chi connectivity index (χ4n) is 1.63. The molecule has 2 rings (SSSR count). The molecule has 0 spiro atoms. The van der Waals surface area contributed by atoms with Crippen LogP contribution in [0.4, 0.5) is 0 Å². The van der Waals surface area contributed by atoms with Crippen molar-refractivity contribution in [2.45, 2.75) is 36.0 Å². The van der Waals surface area contributed by atoms with Gasteiger partial charge in [-0.2, -0.15) is 0 Å². The molecule has 0 bridgehead atoms. The van der Waals surface area contributed by atoms with Crippen LogP contribution in [-0.4, -0.2) is 9.79 Å². The van der Waals surface area contributed by atoms with Crippen LogP contribution >= 0.6 is 11.8 Å². The van der Waals surface area contributed by atoms with Crippen LogP contribution < -0.4 is 0 Å². The van der Waals surface area contributed by atoms with Crippen molar-refractivity contribution in [1.82, 2.24) is 0 Å². The summed E-state index contributed by atoms with van der Waals surface area (Å²) in [6.45, 7) is 2.01. The summed E-state index contributed by atoms with van der Waals surface area (Å²) >= 11 is 1.40. The van der Waals surface area contributed by atoms with Gasteiger partial charge in [0.2, 0.25) is 0 Å². The molecule has 1 aliphatic carbocycles. The van der Waals surface area contributed by atoms with E-state index in [4.69, 9.17) is 0 Å². The predicted octanol–water partition coefficient (Wildman–Crippen LogP) is 3.24. The van der Waals surface area contributed by atoms with Crippen LogP contribution in [0.25, 0.3) is 0 Å². The highest BCUT2D eigenvalue weighted by Crippen LogP contribution is 2.47. The largest absolute Gasteiger partial charge is 0.271 e. The number of benzene rings is 1. The van der Waals surface area contributed by atoms with Gasteiger partial charge < -0.3 is 0 Å². The molecule has 80 valence electrons. The highest BCUT2D eigenvalue weighted by atomic mass is 32.2. The highest BCUT2D eigenvalue weighted by Gasteiger charge is 2.50. The van der Waals surface area contributed by atoms with Crippen molar-refractivity contribution in [2.24, 2.45) is 0 Å². The third-order valence-corrected chi connectivity index (χ3v) is 4.24. The third kappa shape index (κ3) is 2.00. The standard InChI is InChI=1S/C11H13NO2S/c1-9-3-5-10(6-4-9)15-11(12(13)14)7-2-8-11/h3-6H,2,7-8H2,1H3. The predicted molar refractivity (Wildman–Crippen MR) is 60.6 cm³/mol. The zero-order chi connectivity index (χ0) is 10.9. The summed E-state index contributed by atoms with van der Waals surface area (Å²) < 4.78 is 0. The Hall–Kier alpha value is -1.03. The van der Waals surface area contributed by atoms with Gasteiger partial charge in [0.1, 0.15) is 0 Å². The molecule has 0 unspecified atom stereocenters. The van der Waals surface area contributed by atoms with Crippen LogP contribution in [0, 0.1) is 17.0 Å². The van der Waals surface area contributed by atoms with Crippen molar-refractivity contribution >= 4 is 11.8 Å². The van der Waals surface area contributed by atoms with Crippen molar-refractivity contribution in [3.8, 4) is 0 Å². The number of nitro groups is 1. The number of hydrogen-bond acceptors (Lipinski definition) is 3. The van der Waals surface area contributed by atoms with E-state index in [1.165, 1.54) is 17.3 Å². The van der Waals surface area contributed by atoms with Gasteiger partial charge in [0.05, 0.1) is 0 Å². The van der Waals surface area contributed by atoms with E-state index in [1.54, 1.807) is 0 Å². The molecule has 1 saturated carbocycles. The molecule has 0 amide bonds. The maximum atomic E-state index is 11.0. The van der Waals surface area contributed by atoms with Crippen LogP contribution in [0.15, 0.2) is 29.2 Å². The lowest BCUT2D eigenvalue weighted by molar-refractivity contribution is -0.552. The second kappa shape index (κ2) is 3.85. The molecule has 15 heavy (non-hydrogen) atoms. The molecule has 1 aromatic carbocycles. The molecular formula is C11H13NO2S. The lowest BCUT2D eigenvalue weighted by Gasteiger charge is -2.31. The van der Waals surface area contributed by atoms with Crippen molar-refractivity contribution < 1.29 is 4.92 Å². The van der Waals surface area contributed by atoms with E-state index in [9.17, 15) is 10.1 Å². The summed E-state index contributed by atoms with van der Waals surface area (Å²) in [5.74, 6) is 0. The molecule has 1 aromatic rings. The summed E-state index contributed by atoms with van der Waals surface area (Å²) in [7, 11) is 0. The average molecular weight is 223 g/mol. The molecule has 0 atom stereocenters. The van der Waals surface area contributed by atoms with Gasteiger partial charge in [0.25, 0.3) is 4.87 Å². The fraction of sp³-hybridized carbons (Fsp3) is 0.455. The molecule has 0 aromatic heterocycles. The normalized spacial score (nSPS) is 18.2. The van der Waals surface area contributed by atoms with Crippen LogP contribution in [-0.2, 0) is 0 Å². The Morgan fingerprint density at radius 3 is 2.33 bits per heavy atom. The minimum atomic E-state index is -0.741. The molecule has 1 fully saturated rings. The molecular weight excluding hydrogens is 210 g/mol. The van der Waals surface area contributed by atoms with Gasteiger partial charge >= 0.3 is 0 Å². The first-order chi connectivity index (χ1) is 7.12. The maximum absolute atomic E-state index is 11.0. The van der Waals surface area contributed by atoms with Gasteiger partial charge in [-0.05, 0) is 37.2 Å². The second-order valence-corrected chi connectivity index (χ2v) is 5.41. The minimum Gasteiger partial charge on any atom is -0.263 e. The quantitative estimate of drug-likeness (QED) is 0.449. The molecule has 0 aliphatic heterocycles. The van der Waals surface area contributed by atoms with E-state index < -0.39 is 4.87 Å². The van der Waals surface area contributed by atoms with Crippen molar-refractivity contribution in [3.63, 3.8) is 0 Å². The number of nitrogens with zero attached hydrogens (tertiary/aromatic N) is 1. The summed E-state index contributed by atoms with van der Waals surface area (Å²) in [5, 5.41) is 11.0. The Labute approximate surface area is 93.0 Å². The van der Waals surface area contributed by atoms with E-state index >= 15 is 0 Å². The smallest absolute Gasteiger partial charge is 0.263 e. The topological polar surface area (TPSA) is 43.1 Å². The Kier molecular flexibility index (Phi) is 2.69. The molecule has 4 heteroatoms. The zero-order valence-corrected chi connectivity index (χ0v) is 9.42. The second-order valence-electron chi connectivity index (χ2n) is 3.97. The lowest BCUT2D eigenvalue weighted by atomic mass is 9.93. The van der Waals surface area contributed by atoms with Crippen LogP contribution in [0.5, 0.6) is 0 Å². The van der Waals surface area contributed by atoms with Crippen LogP contribution in [0.3, 0.4) is 0 Å². The van der Waals surface area contributed by atoms with Gasteiger partial charge in [-0.3, -0.25) is 10.1 Å². The Morgan fingerprint density at radius 2 is 1.93 bits per heavy atom. The van der Waals surface area contributed by atoms with Gasteiger partial charge in [-0.15, -0.1) is 0 Å². The van der Waals surface area contributed by atoms with Gasteiger partial charge in [-0.1, -0.05) is 17.7 Å². The molecule has 1 aliphatic rings. The Bertz CT molecular complexity index is 371. The third-order valence-electron chi connectivity index (χ3n) is 2.80. The average Bonchev–Trinajstić information content (AvgIpc) is 2.13. The first-order valence-corrected chi connectivity index (χ1v) is 5.84. The fourth-order valence-corrected chi connectivity index (χ4v) is 2.91. The first-order valence-electron chi connectivity index (χ1n) is 5.03. The number of rotatable bonds is 3. The van der Waals surface area contributed by atoms with E-state index in [0.717, 1.165) is 11.3 Å². The van der Waals surface area contributed by atoms with Crippen molar-refractivity contribution in [2.75, 3.05) is 0 Å². The molecule has 3 nitrogen and oxygen atoms in total. The monoisotopic (exact) mass is 223 g/mol. The number of hydrogen-bond donors (Lipinski definition) is 0. The van der Waals surface area contributed by atoms with Crippen LogP contribution in [0.1, 0.15) is 24.8 Å². The zero-order valence-electron chi connectivity index (χ0n) is 8.60.